The van der Waals surface area contributed by atoms with Crippen molar-refractivity contribution in [2.45, 2.75) is 75.1 Å². The number of sulfonamides is 1. The minimum absolute atomic E-state index is 0.189. The maximum absolute atomic E-state index is 13.3. The van der Waals surface area contributed by atoms with E-state index in [1.165, 1.54) is 11.1 Å². The van der Waals surface area contributed by atoms with E-state index in [-0.39, 0.29) is 16.9 Å². The van der Waals surface area contributed by atoms with Crippen LogP contribution in [0.25, 0.3) is 0 Å². The minimum Gasteiger partial charge on any atom is -0.490 e. The zero-order valence-corrected chi connectivity index (χ0v) is 25.1. The van der Waals surface area contributed by atoms with Crippen LogP contribution in [0.4, 0.5) is 5.69 Å². The van der Waals surface area contributed by atoms with E-state index in [2.05, 4.69) is 21.8 Å². The first kappa shape index (κ1) is 28.6. The number of hydrogen-bond acceptors (Lipinski definition) is 6. The Hall–Kier alpha value is -2.55. The summed E-state index contributed by atoms with van der Waals surface area (Å²) < 4.78 is 35.1. The number of benzene rings is 2. The van der Waals surface area contributed by atoms with Crippen molar-refractivity contribution in [3.63, 3.8) is 0 Å². The summed E-state index contributed by atoms with van der Waals surface area (Å²) in [4.78, 5) is 15.6. The summed E-state index contributed by atoms with van der Waals surface area (Å²) in [5.74, 6) is 0.559. The van der Waals surface area contributed by atoms with Gasteiger partial charge in [-0.05, 0) is 105 Å². The number of carbonyl (C=O) groups excluding carboxylic acids is 1. The number of amides is 1. The highest BCUT2D eigenvalue weighted by Crippen LogP contribution is 2.47. The van der Waals surface area contributed by atoms with Gasteiger partial charge in [0.1, 0.15) is 5.75 Å². The molecule has 6 rings (SSSR count). The van der Waals surface area contributed by atoms with Gasteiger partial charge in [-0.25, -0.2) is 13.1 Å². The molecule has 2 aliphatic heterocycles. The van der Waals surface area contributed by atoms with Crippen LogP contribution in [0.15, 0.2) is 48.6 Å². The lowest BCUT2D eigenvalue weighted by molar-refractivity contribution is 0.0111. The van der Waals surface area contributed by atoms with Crippen LogP contribution in [0.3, 0.4) is 0 Å². The molecule has 220 valence electrons. The van der Waals surface area contributed by atoms with Crippen LogP contribution in [0.5, 0.6) is 5.75 Å². The van der Waals surface area contributed by atoms with E-state index in [1.54, 1.807) is 31.2 Å². The number of aliphatic hydroxyl groups is 1. The first-order chi connectivity index (χ1) is 19.7. The molecule has 1 spiro atoms. The fraction of sp³-hybridized carbons (Fsp3) is 0.531. The van der Waals surface area contributed by atoms with Crippen molar-refractivity contribution in [2.75, 3.05) is 24.6 Å². The fourth-order valence-corrected chi connectivity index (χ4v) is 8.80. The lowest BCUT2D eigenvalue weighted by atomic mass is 9.68. The van der Waals surface area contributed by atoms with Crippen molar-refractivity contribution < 1.29 is 23.1 Å². The summed E-state index contributed by atoms with van der Waals surface area (Å²) >= 11 is 6.38. The smallest absolute Gasteiger partial charge is 0.264 e. The molecule has 0 unspecified atom stereocenters. The van der Waals surface area contributed by atoms with Gasteiger partial charge in [0.2, 0.25) is 10.0 Å². The van der Waals surface area contributed by atoms with Gasteiger partial charge in [0.25, 0.3) is 5.91 Å². The third kappa shape index (κ3) is 5.51. The van der Waals surface area contributed by atoms with Crippen molar-refractivity contribution in [3.05, 3.63) is 70.3 Å². The molecule has 2 N–H and O–H groups in total. The number of rotatable bonds is 1. The summed E-state index contributed by atoms with van der Waals surface area (Å²) in [7, 11) is -3.93. The van der Waals surface area contributed by atoms with Crippen LogP contribution in [0.2, 0.25) is 5.02 Å². The third-order valence-corrected chi connectivity index (χ3v) is 11.7. The Morgan fingerprint density at radius 3 is 2.80 bits per heavy atom. The van der Waals surface area contributed by atoms with Crippen LogP contribution in [0, 0.1) is 11.8 Å². The second-order valence-electron chi connectivity index (χ2n) is 12.3. The normalized spacial score (nSPS) is 32.0. The zero-order valence-electron chi connectivity index (χ0n) is 23.5. The Balaban J connectivity index is 1.42. The maximum atomic E-state index is 13.3. The van der Waals surface area contributed by atoms with E-state index in [4.69, 9.17) is 16.3 Å². The van der Waals surface area contributed by atoms with E-state index in [9.17, 15) is 18.3 Å². The molecule has 41 heavy (non-hydrogen) atoms. The monoisotopic (exact) mass is 598 g/mol. The second kappa shape index (κ2) is 11.3. The number of aryl methyl sites for hydroxylation is 1. The van der Waals surface area contributed by atoms with Crippen molar-refractivity contribution in [3.8, 4) is 5.75 Å². The molecule has 2 heterocycles. The Kier molecular flexibility index (Phi) is 7.85. The molecule has 4 aliphatic rings. The lowest BCUT2D eigenvalue weighted by Crippen LogP contribution is -2.49. The topological polar surface area (TPSA) is 95.9 Å². The third-order valence-electron chi connectivity index (χ3n) is 9.74. The molecule has 0 radical (unpaired) electrons. The van der Waals surface area contributed by atoms with Gasteiger partial charge >= 0.3 is 0 Å². The van der Waals surface area contributed by atoms with Crippen molar-refractivity contribution in [2.24, 2.45) is 11.8 Å². The number of ether oxygens (including phenoxy) is 1. The lowest BCUT2D eigenvalue weighted by Gasteiger charge is -2.45. The average molecular weight is 599 g/mol. The SMILES string of the molecule is CC[C@H]1/C=C\CC[C@H](O)[C@@H]2CC[C@H]2CN2C[C@@]3(CCCc4cc(Cl)ccc43)COc3ccc(cc32)C(=O)NS1(=O)=O. The van der Waals surface area contributed by atoms with Gasteiger partial charge in [-0.2, -0.15) is 0 Å². The number of fused-ring (bicyclic) bond motifs is 4. The van der Waals surface area contributed by atoms with E-state index < -0.39 is 27.3 Å². The van der Waals surface area contributed by atoms with Crippen LogP contribution >= 0.6 is 11.6 Å². The van der Waals surface area contributed by atoms with Gasteiger partial charge in [0, 0.05) is 29.1 Å². The molecule has 2 aliphatic carbocycles. The highest BCUT2D eigenvalue weighted by Gasteiger charge is 2.44. The van der Waals surface area contributed by atoms with Gasteiger partial charge < -0.3 is 14.7 Å². The van der Waals surface area contributed by atoms with E-state index in [0.29, 0.717) is 44.1 Å². The van der Waals surface area contributed by atoms with Crippen LogP contribution < -0.4 is 14.4 Å². The molecular formula is C32H39ClN2O5S. The van der Waals surface area contributed by atoms with Crippen molar-refractivity contribution in [1.82, 2.24) is 4.72 Å². The number of hydrogen-bond donors (Lipinski definition) is 2. The van der Waals surface area contributed by atoms with Gasteiger partial charge in [0.05, 0.1) is 23.6 Å². The van der Waals surface area contributed by atoms with Crippen molar-refractivity contribution >= 4 is 33.2 Å². The molecule has 5 atom stereocenters. The predicted molar refractivity (Wildman–Crippen MR) is 161 cm³/mol. The number of nitrogens with one attached hydrogen (secondary N) is 1. The van der Waals surface area contributed by atoms with Crippen molar-refractivity contribution in [1.29, 1.82) is 0 Å². The molecule has 1 fully saturated rings. The van der Waals surface area contributed by atoms with Crippen LogP contribution in [-0.2, 0) is 21.9 Å². The minimum atomic E-state index is -3.93. The fourth-order valence-electron chi connectivity index (χ4n) is 7.32. The number of nitrogens with zero attached hydrogens (tertiary/aromatic N) is 1. The number of carbonyl (C=O) groups is 1. The Bertz CT molecular complexity index is 1460. The zero-order chi connectivity index (χ0) is 28.8. The van der Waals surface area contributed by atoms with E-state index in [0.717, 1.165) is 49.4 Å². The first-order valence-electron chi connectivity index (χ1n) is 14.9. The average Bonchev–Trinajstić information content (AvgIpc) is 3.07. The standard InChI is InChI=1S/C32H39ClN2O5S/c1-2-25-7-3-4-8-29(36)26-12-9-23(26)18-35-19-32(15-5-6-21-16-24(33)11-13-27(21)32)20-40-30-14-10-22(17-28(30)35)31(37)34-41(25,38)39/h3,7,10-11,13-14,16-17,23,25-26,29,36H,2,4-6,8-9,12,15,18-20H2,1H3,(H,34,37)/b7-3-/t23-,25-,26+,29-,32-/m0/s1. The van der Waals surface area contributed by atoms with E-state index >= 15 is 0 Å². The summed E-state index contributed by atoms with van der Waals surface area (Å²) in [5.41, 5.74) is 3.35. The van der Waals surface area contributed by atoms with Crippen LogP contribution in [-0.4, -0.2) is 50.5 Å². The highest BCUT2D eigenvalue weighted by atomic mass is 35.5. The van der Waals surface area contributed by atoms with Gasteiger partial charge in [-0.3, -0.25) is 4.79 Å². The van der Waals surface area contributed by atoms with Gasteiger partial charge in [-0.15, -0.1) is 0 Å². The molecule has 2 aromatic rings. The Morgan fingerprint density at radius 2 is 2.02 bits per heavy atom. The Labute approximate surface area is 248 Å². The molecule has 7 nitrogen and oxygen atoms in total. The molecule has 0 aromatic heterocycles. The summed E-state index contributed by atoms with van der Waals surface area (Å²) in [5, 5.41) is 11.0. The Morgan fingerprint density at radius 1 is 1.17 bits per heavy atom. The molecule has 1 amide bonds. The van der Waals surface area contributed by atoms with Gasteiger partial charge in [0.15, 0.2) is 0 Å². The molecule has 2 bridgehead atoms. The summed E-state index contributed by atoms with van der Waals surface area (Å²) in [6.45, 7) is 3.74. The summed E-state index contributed by atoms with van der Waals surface area (Å²) in [6.07, 6.45) is 9.55. The number of anilines is 1. The highest BCUT2D eigenvalue weighted by molar-refractivity contribution is 7.90. The first-order valence-corrected chi connectivity index (χ1v) is 16.8. The number of aliphatic hydroxyl groups excluding tert-OH is 1. The number of allylic oxidation sites excluding steroid dienone is 1. The molecule has 0 saturated heterocycles. The van der Waals surface area contributed by atoms with Gasteiger partial charge in [-0.1, -0.05) is 36.7 Å². The number of halogens is 1. The molecule has 9 heteroatoms. The van der Waals surface area contributed by atoms with E-state index in [1.807, 2.05) is 12.1 Å². The summed E-state index contributed by atoms with van der Waals surface area (Å²) in [6, 6.07) is 11.4. The molecular weight excluding hydrogens is 560 g/mol. The maximum Gasteiger partial charge on any atom is 0.264 e. The largest absolute Gasteiger partial charge is 0.490 e. The molecule has 1 saturated carbocycles. The quantitative estimate of drug-likeness (QED) is 0.428. The molecule has 2 aromatic carbocycles. The predicted octanol–water partition coefficient (Wildman–Crippen LogP) is 5.39. The second-order valence-corrected chi connectivity index (χ2v) is 14.6. The van der Waals surface area contributed by atoms with Crippen LogP contribution in [0.1, 0.15) is 73.4 Å².